The van der Waals surface area contributed by atoms with E-state index in [2.05, 4.69) is 35.4 Å². The smallest absolute Gasteiger partial charge is 0.238 e. The zero-order valence-electron chi connectivity index (χ0n) is 14.5. The van der Waals surface area contributed by atoms with Crippen LogP contribution in [-0.4, -0.2) is 44.0 Å². The van der Waals surface area contributed by atoms with Crippen molar-refractivity contribution in [3.63, 3.8) is 0 Å². The second kappa shape index (κ2) is 9.91. The van der Waals surface area contributed by atoms with Crippen molar-refractivity contribution in [3.8, 4) is 0 Å². The fourth-order valence-corrected chi connectivity index (χ4v) is 3.06. The Balaban J connectivity index is 0.00000264. The van der Waals surface area contributed by atoms with Gasteiger partial charge in [0.05, 0.1) is 6.54 Å². The van der Waals surface area contributed by atoms with Gasteiger partial charge < -0.3 is 10.6 Å². The van der Waals surface area contributed by atoms with Gasteiger partial charge in [0, 0.05) is 5.69 Å². The minimum Gasteiger partial charge on any atom is -0.325 e. The summed E-state index contributed by atoms with van der Waals surface area (Å²) in [5.41, 5.74) is 3.30. The van der Waals surface area contributed by atoms with Crippen LogP contribution in [0, 0.1) is 19.8 Å². The first-order chi connectivity index (χ1) is 10.6. The number of likely N-dealkylation sites (tertiary alicyclic amines) is 1. The average Bonchev–Trinajstić information content (AvgIpc) is 2.51. The van der Waals surface area contributed by atoms with Crippen molar-refractivity contribution >= 4 is 24.0 Å². The SMILES string of the molecule is CNCCC1CCN(CC(=O)Nc2cccc(C)c2C)CC1.Cl. The molecule has 1 heterocycles. The Hall–Kier alpha value is -1.10. The molecule has 0 radical (unpaired) electrons. The van der Waals surface area contributed by atoms with Crippen LogP contribution in [0.15, 0.2) is 18.2 Å². The summed E-state index contributed by atoms with van der Waals surface area (Å²) in [6, 6.07) is 6.04. The summed E-state index contributed by atoms with van der Waals surface area (Å²) in [5.74, 6) is 0.910. The molecule has 0 aromatic heterocycles. The molecule has 0 saturated carbocycles. The predicted octanol–water partition coefficient (Wildman–Crippen LogP) is 2.99. The van der Waals surface area contributed by atoms with Crippen LogP contribution in [0.2, 0.25) is 0 Å². The lowest BCUT2D eigenvalue weighted by molar-refractivity contribution is -0.117. The topological polar surface area (TPSA) is 44.4 Å². The zero-order valence-corrected chi connectivity index (χ0v) is 15.3. The Kier molecular flexibility index (Phi) is 8.59. The maximum absolute atomic E-state index is 12.2. The van der Waals surface area contributed by atoms with Crippen molar-refractivity contribution < 1.29 is 4.79 Å². The summed E-state index contributed by atoms with van der Waals surface area (Å²) in [4.78, 5) is 14.5. The van der Waals surface area contributed by atoms with Gasteiger partial charge >= 0.3 is 0 Å². The van der Waals surface area contributed by atoms with Crippen LogP contribution in [0.3, 0.4) is 0 Å². The molecule has 5 heteroatoms. The Morgan fingerprint density at radius 2 is 1.96 bits per heavy atom. The molecule has 1 aromatic rings. The highest BCUT2D eigenvalue weighted by Gasteiger charge is 2.20. The van der Waals surface area contributed by atoms with Gasteiger partial charge in [-0.2, -0.15) is 0 Å². The number of amides is 1. The van der Waals surface area contributed by atoms with Crippen LogP contribution < -0.4 is 10.6 Å². The van der Waals surface area contributed by atoms with Crippen molar-refractivity contribution in [1.29, 1.82) is 0 Å². The lowest BCUT2D eigenvalue weighted by Gasteiger charge is -2.31. The van der Waals surface area contributed by atoms with E-state index < -0.39 is 0 Å². The van der Waals surface area contributed by atoms with Gasteiger partial charge in [-0.15, -0.1) is 12.4 Å². The predicted molar refractivity (Wildman–Crippen MR) is 99.5 cm³/mol. The number of nitrogens with one attached hydrogen (secondary N) is 2. The highest BCUT2D eigenvalue weighted by atomic mass is 35.5. The monoisotopic (exact) mass is 339 g/mol. The van der Waals surface area contributed by atoms with Gasteiger partial charge in [0.2, 0.25) is 5.91 Å². The quantitative estimate of drug-likeness (QED) is 0.837. The van der Waals surface area contributed by atoms with E-state index in [1.165, 1.54) is 24.8 Å². The molecule has 130 valence electrons. The molecule has 1 saturated heterocycles. The van der Waals surface area contributed by atoms with E-state index in [9.17, 15) is 4.79 Å². The molecule has 0 atom stereocenters. The van der Waals surface area contributed by atoms with Crippen LogP contribution in [0.5, 0.6) is 0 Å². The lowest BCUT2D eigenvalue weighted by Crippen LogP contribution is -2.39. The first-order valence-electron chi connectivity index (χ1n) is 8.33. The Labute approximate surface area is 146 Å². The van der Waals surface area contributed by atoms with Crippen molar-refractivity contribution in [2.45, 2.75) is 33.1 Å². The summed E-state index contributed by atoms with van der Waals surface area (Å²) >= 11 is 0. The van der Waals surface area contributed by atoms with Crippen molar-refractivity contribution in [3.05, 3.63) is 29.3 Å². The summed E-state index contributed by atoms with van der Waals surface area (Å²) in [6.45, 7) is 7.80. The number of hydrogen-bond donors (Lipinski definition) is 2. The lowest BCUT2D eigenvalue weighted by atomic mass is 9.93. The molecule has 0 aliphatic carbocycles. The number of aryl methyl sites for hydroxylation is 1. The normalized spacial score (nSPS) is 16.0. The summed E-state index contributed by atoms with van der Waals surface area (Å²) in [6.07, 6.45) is 3.66. The van der Waals surface area contributed by atoms with E-state index in [4.69, 9.17) is 0 Å². The standard InChI is InChI=1S/C18H29N3O.ClH/c1-14-5-4-6-17(15(14)2)20-18(22)13-21-11-8-16(9-12-21)7-10-19-3;/h4-6,16,19H,7-13H2,1-3H3,(H,20,22);1H. The number of carbonyl (C=O) groups is 1. The van der Waals surface area contributed by atoms with Crippen LogP contribution >= 0.6 is 12.4 Å². The molecule has 2 N–H and O–H groups in total. The number of nitrogens with zero attached hydrogens (tertiary/aromatic N) is 1. The number of carbonyl (C=O) groups excluding carboxylic acids is 1. The second-order valence-electron chi connectivity index (χ2n) is 6.41. The zero-order chi connectivity index (χ0) is 15.9. The van der Waals surface area contributed by atoms with E-state index >= 15 is 0 Å². The van der Waals surface area contributed by atoms with Gasteiger partial charge in [-0.1, -0.05) is 12.1 Å². The van der Waals surface area contributed by atoms with Crippen molar-refractivity contribution in [1.82, 2.24) is 10.2 Å². The van der Waals surface area contributed by atoms with Gasteiger partial charge in [0.25, 0.3) is 0 Å². The molecule has 0 spiro atoms. The number of hydrogen-bond acceptors (Lipinski definition) is 3. The molecule has 23 heavy (non-hydrogen) atoms. The van der Waals surface area contributed by atoms with Crippen molar-refractivity contribution in [2.24, 2.45) is 5.92 Å². The summed E-state index contributed by atoms with van der Waals surface area (Å²) in [5, 5.41) is 6.27. The van der Waals surface area contributed by atoms with Gasteiger partial charge in [0.15, 0.2) is 0 Å². The number of piperidine rings is 1. The van der Waals surface area contributed by atoms with Gasteiger partial charge in [-0.3, -0.25) is 9.69 Å². The maximum atomic E-state index is 12.2. The number of anilines is 1. The maximum Gasteiger partial charge on any atom is 0.238 e. The molecule has 0 unspecified atom stereocenters. The van der Waals surface area contributed by atoms with Crippen LogP contribution in [0.1, 0.15) is 30.4 Å². The molecule has 1 fully saturated rings. The number of benzene rings is 1. The summed E-state index contributed by atoms with van der Waals surface area (Å²) in [7, 11) is 2.01. The van der Waals surface area contributed by atoms with E-state index in [1.54, 1.807) is 0 Å². The minimum atomic E-state index is 0. The van der Waals surface area contributed by atoms with E-state index in [0.717, 1.165) is 36.8 Å². The van der Waals surface area contributed by atoms with E-state index in [0.29, 0.717) is 6.54 Å². The molecular formula is C18H30ClN3O. The fraction of sp³-hybridized carbons (Fsp3) is 0.611. The summed E-state index contributed by atoms with van der Waals surface area (Å²) < 4.78 is 0. The van der Waals surface area contributed by atoms with Crippen LogP contribution in [0.4, 0.5) is 5.69 Å². The second-order valence-corrected chi connectivity index (χ2v) is 6.41. The van der Waals surface area contributed by atoms with E-state index in [1.807, 2.05) is 19.2 Å². The minimum absolute atomic E-state index is 0. The first-order valence-corrected chi connectivity index (χ1v) is 8.33. The number of rotatable bonds is 6. The molecular weight excluding hydrogens is 310 g/mol. The molecule has 0 bridgehead atoms. The number of halogens is 1. The van der Waals surface area contributed by atoms with Crippen LogP contribution in [-0.2, 0) is 4.79 Å². The molecule has 1 aliphatic rings. The highest BCUT2D eigenvalue weighted by Crippen LogP contribution is 2.21. The average molecular weight is 340 g/mol. The van der Waals surface area contributed by atoms with E-state index in [-0.39, 0.29) is 18.3 Å². The third kappa shape index (κ3) is 6.13. The molecule has 1 aliphatic heterocycles. The molecule has 1 aromatic carbocycles. The molecule has 1 amide bonds. The highest BCUT2D eigenvalue weighted by molar-refractivity contribution is 5.93. The third-order valence-corrected chi connectivity index (χ3v) is 4.76. The van der Waals surface area contributed by atoms with Crippen molar-refractivity contribution in [2.75, 3.05) is 38.5 Å². The Morgan fingerprint density at radius 1 is 1.26 bits per heavy atom. The largest absolute Gasteiger partial charge is 0.325 e. The molecule has 4 nitrogen and oxygen atoms in total. The fourth-order valence-electron chi connectivity index (χ4n) is 3.06. The van der Waals surface area contributed by atoms with Crippen LogP contribution in [0.25, 0.3) is 0 Å². The molecule has 2 rings (SSSR count). The first kappa shape index (κ1) is 19.9. The van der Waals surface area contributed by atoms with Gasteiger partial charge in [-0.05, 0) is 82.9 Å². The third-order valence-electron chi connectivity index (χ3n) is 4.76. The van der Waals surface area contributed by atoms with Gasteiger partial charge in [0.1, 0.15) is 0 Å². The Morgan fingerprint density at radius 3 is 2.61 bits per heavy atom. The van der Waals surface area contributed by atoms with Gasteiger partial charge in [-0.25, -0.2) is 0 Å². The Bertz CT molecular complexity index is 499.